The van der Waals surface area contributed by atoms with Gasteiger partial charge in [0.25, 0.3) is 0 Å². The molecule has 0 saturated carbocycles. The molecule has 0 spiro atoms. The van der Waals surface area contributed by atoms with E-state index >= 15 is 0 Å². The second-order valence-corrected chi connectivity index (χ2v) is 7.42. The van der Waals surface area contributed by atoms with E-state index in [1.54, 1.807) is 0 Å². The lowest BCUT2D eigenvalue weighted by Crippen LogP contribution is -2.41. The zero-order valence-corrected chi connectivity index (χ0v) is 14.6. The summed E-state index contributed by atoms with van der Waals surface area (Å²) in [5.74, 6) is 0.453. The van der Waals surface area contributed by atoms with Gasteiger partial charge in [0.05, 0.1) is 16.9 Å². The first-order valence-electron chi connectivity index (χ1n) is 7.80. The summed E-state index contributed by atoms with van der Waals surface area (Å²) >= 11 is 0. The number of halogens is 1. The van der Waals surface area contributed by atoms with Crippen molar-refractivity contribution in [1.82, 2.24) is 10.2 Å². The first kappa shape index (κ1) is 17.2. The van der Waals surface area contributed by atoms with E-state index < -0.39 is 24.0 Å². The Balaban J connectivity index is 2.26. The number of rotatable bonds is 4. The lowest BCUT2D eigenvalue weighted by atomic mass is 9.86. The average Bonchev–Trinajstić information content (AvgIpc) is 2.79. The lowest BCUT2D eigenvalue weighted by molar-refractivity contribution is 0.00578. The van der Waals surface area contributed by atoms with Gasteiger partial charge in [-0.3, -0.25) is 5.10 Å². The summed E-state index contributed by atoms with van der Waals surface area (Å²) in [7, 11) is -0.966. The summed E-state index contributed by atoms with van der Waals surface area (Å²) in [6, 6.07) is 0. The second-order valence-electron chi connectivity index (χ2n) is 7.42. The highest BCUT2D eigenvalue weighted by molar-refractivity contribution is 6.54. The number of aryl methyl sites for hydroxylation is 1. The summed E-state index contributed by atoms with van der Waals surface area (Å²) in [6.07, 6.45) is 2.28. The predicted octanol–water partition coefficient (Wildman–Crippen LogP) is 3.86. The Morgan fingerprint density at radius 1 is 1.27 bits per heavy atom. The van der Waals surface area contributed by atoms with E-state index in [2.05, 4.69) is 24.0 Å². The van der Waals surface area contributed by atoms with Gasteiger partial charge in [-0.1, -0.05) is 13.8 Å². The lowest BCUT2D eigenvalue weighted by Gasteiger charge is -2.32. The molecule has 4 nitrogen and oxygen atoms in total. The van der Waals surface area contributed by atoms with Gasteiger partial charge in [-0.25, -0.2) is 4.39 Å². The monoisotopic (exact) mass is 308 g/mol. The molecule has 0 aromatic carbocycles. The van der Waals surface area contributed by atoms with E-state index in [9.17, 15) is 4.39 Å². The van der Waals surface area contributed by atoms with Crippen molar-refractivity contribution in [2.45, 2.75) is 66.1 Å². The van der Waals surface area contributed by atoms with E-state index in [1.807, 2.05) is 34.6 Å². The molecule has 1 saturated heterocycles. The van der Waals surface area contributed by atoms with Crippen molar-refractivity contribution in [1.29, 1.82) is 0 Å². The zero-order chi connectivity index (χ0) is 16.7. The summed E-state index contributed by atoms with van der Waals surface area (Å²) in [6.45, 7) is 13.8. The molecule has 1 aromatic rings. The van der Waals surface area contributed by atoms with Crippen molar-refractivity contribution in [2.75, 3.05) is 0 Å². The molecule has 1 aliphatic heterocycles. The second kappa shape index (κ2) is 5.82. The fraction of sp³-hybridized carbons (Fsp3) is 0.688. The highest BCUT2D eigenvalue weighted by Gasteiger charge is 2.53. The maximum absolute atomic E-state index is 14.6. The Hall–Kier alpha value is -1.14. The number of aromatic amines is 1. The molecule has 22 heavy (non-hydrogen) atoms. The number of aromatic nitrogens is 2. The molecule has 1 N–H and O–H groups in total. The van der Waals surface area contributed by atoms with Gasteiger partial charge in [-0.2, -0.15) is 5.10 Å². The van der Waals surface area contributed by atoms with Crippen LogP contribution in [0, 0.1) is 12.8 Å². The third-order valence-electron chi connectivity index (χ3n) is 4.44. The highest BCUT2D eigenvalue weighted by Crippen LogP contribution is 2.39. The number of H-pyrrole nitrogens is 1. The molecule has 0 unspecified atom stereocenters. The summed E-state index contributed by atoms with van der Waals surface area (Å²) in [4.78, 5) is 0. The van der Waals surface area contributed by atoms with Gasteiger partial charge in [0, 0.05) is 11.3 Å². The molecule has 2 heterocycles. The first-order chi connectivity index (χ1) is 10.0. The largest absolute Gasteiger partial charge is 0.525 e. The molecule has 1 aromatic heterocycles. The van der Waals surface area contributed by atoms with Gasteiger partial charge in [0.2, 0.25) is 0 Å². The van der Waals surface area contributed by atoms with Crippen LogP contribution in [0.15, 0.2) is 5.73 Å². The molecule has 0 atom stereocenters. The van der Waals surface area contributed by atoms with Crippen LogP contribution in [0.25, 0.3) is 6.08 Å². The molecule has 0 amide bonds. The Morgan fingerprint density at radius 3 is 2.32 bits per heavy atom. The average molecular weight is 308 g/mol. The Labute approximate surface area is 132 Å². The molecule has 0 radical (unpaired) electrons. The zero-order valence-electron chi connectivity index (χ0n) is 14.6. The van der Waals surface area contributed by atoms with E-state index in [4.69, 9.17) is 9.31 Å². The quantitative estimate of drug-likeness (QED) is 0.859. The van der Waals surface area contributed by atoms with Gasteiger partial charge < -0.3 is 9.31 Å². The van der Waals surface area contributed by atoms with Crippen LogP contribution in [0.1, 0.15) is 58.5 Å². The maximum Gasteiger partial charge on any atom is 0.525 e. The van der Waals surface area contributed by atoms with Crippen molar-refractivity contribution in [3.63, 3.8) is 0 Å². The van der Waals surface area contributed by atoms with Crippen LogP contribution in [0.5, 0.6) is 0 Å². The van der Waals surface area contributed by atoms with E-state index in [0.717, 1.165) is 23.4 Å². The van der Waals surface area contributed by atoms with Gasteiger partial charge in [-0.05, 0) is 53.0 Å². The van der Waals surface area contributed by atoms with Gasteiger partial charge in [-0.15, -0.1) is 0 Å². The third kappa shape index (κ3) is 3.28. The minimum atomic E-state index is -0.966. The van der Waals surface area contributed by atoms with Crippen molar-refractivity contribution >= 4 is 13.2 Å². The number of hydrogen-bond donors (Lipinski definition) is 1. The van der Waals surface area contributed by atoms with E-state index in [1.165, 1.54) is 6.08 Å². The minimum Gasteiger partial charge on any atom is -0.398 e. The third-order valence-corrected chi connectivity index (χ3v) is 4.44. The van der Waals surface area contributed by atoms with E-state index in [0.29, 0.717) is 5.92 Å². The van der Waals surface area contributed by atoms with Crippen LogP contribution in [0.2, 0.25) is 0 Å². The Bertz CT molecular complexity index is 563. The van der Waals surface area contributed by atoms with Crippen molar-refractivity contribution in [3.8, 4) is 0 Å². The number of nitrogens with zero attached hydrogens (tertiary/aromatic N) is 1. The van der Waals surface area contributed by atoms with Crippen LogP contribution in [0.4, 0.5) is 4.39 Å². The Morgan fingerprint density at radius 2 is 1.82 bits per heavy atom. The van der Waals surface area contributed by atoms with Crippen LogP contribution in [-0.4, -0.2) is 28.5 Å². The highest BCUT2D eigenvalue weighted by atomic mass is 19.1. The standard InChI is InChI=1S/C16H26BFN2O2/c1-10(2)8-13-12(11(3)19-20-13)9-14(18)17-21-15(4,5)16(6,7)22-17/h9-10H,8H2,1-7H3,(H,19,20). The molecule has 6 heteroatoms. The van der Waals surface area contributed by atoms with E-state index in [-0.39, 0.29) is 0 Å². The van der Waals surface area contributed by atoms with Gasteiger partial charge in [0.1, 0.15) is 5.73 Å². The predicted molar refractivity (Wildman–Crippen MR) is 87.0 cm³/mol. The summed E-state index contributed by atoms with van der Waals surface area (Å²) in [5, 5.41) is 7.20. The fourth-order valence-corrected chi connectivity index (χ4v) is 2.38. The fourth-order valence-electron chi connectivity index (χ4n) is 2.38. The molecule has 1 aliphatic rings. The maximum atomic E-state index is 14.6. The Kier molecular flexibility index (Phi) is 4.55. The van der Waals surface area contributed by atoms with Crippen LogP contribution < -0.4 is 0 Å². The summed E-state index contributed by atoms with van der Waals surface area (Å²) in [5.41, 5.74) is 1.000. The van der Waals surface area contributed by atoms with Crippen LogP contribution in [0.3, 0.4) is 0 Å². The minimum absolute atomic E-state index is 0.423. The first-order valence-corrected chi connectivity index (χ1v) is 7.80. The molecule has 2 rings (SSSR count). The molecule has 0 aliphatic carbocycles. The normalized spacial score (nSPS) is 21.0. The number of hydrogen-bond acceptors (Lipinski definition) is 3. The summed E-state index contributed by atoms with van der Waals surface area (Å²) < 4.78 is 26.1. The molecular formula is C16H26BFN2O2. The SMILES string of the molecule is Cc1[nH]nc(CC(C)C)c1C=C(F)B1OC(C)(C)C(C)(C)O1. The van der Waals surface area contributed by atoms with Gasteiger partial charge in [0.15, 0.2) is 0 Å². The van der Waals surface area contributed by atoms with Crippen molar-refractivity contribution < 1.29 is 13.7 Å². The van der Waals surface area contributed by atoms with Crippen molar-refractivity contribution in [3.05, 3.63) is 22.7 Å². The molecule has 0 bridgehead atoms. The van der Waals surface area contributed by atoms with Gasteiger partial charge >= 0.3 is 7.12 Å². The van der Waals surface area contributed by atoms with Crippen molar-refractivity contribution in [2.24, 2.45) is 5.92 Å². The number of nitrogens with one attached hydrogen (secondary N) is 1. The topological polar surface area (TPSA) is 47.1 Å². The smallest absolute Gasteiger partial charge is 0.398 e. The van der Waals surface area contributed by atoms with Crippen LogP contribution >= 0.6 is 0 Å². The molecule has 122 valence electrons. The van der Waals surface area contributed by atoms with Crippen LogP contribution in [-0.2, 0) is 15.7 Å². The molecular weight excluding hydrogens is 282 g/mol. The molecule has 1 fully saturated rings.